The van der Waals surface area contributed by atoms with Gasteiger partial charge in [0.05, 0.1) is 4.21 Å². The maximum absolute atomic E-state index is 11.6. The Morgan fingerprint density at radius 3 is 2.70 bits per heavy atom. The molecule has 0 N–H and O–H groups in total. The van der Waals surface area contributed by atoms with Gasteiger partial charge < -0.3 is 9.80 Å². The normalized spacial score (nSPS) is 17.6. The summed E-state index contributed by atoms with van der Waals surface area (Å²) in [4.78, 5) is 17.7. The minimum Gasteiger partial charge on any atom is -0.304 e. The summed E-state index contributed by atoms with van der Waals surface area (Å²) < 4.78 is 1.20. The van der Waals surface area contributed by atoms with E-state index in [1.165, 1.54) is 48.2 Å². The molecule has 0 saturated carbocycles. The van der Waals surface area contributed by atoms with Crippen molar-refractivity contribution in [3.63, 3.8) is 0 Å². The van der Waals surface area contributed by atoms with Crippen LogP contribution < -0.4 is 0 Å². The number of piperazine rings is 1. The molecule has 1 aromatic heterocycles. The molecule has 1 saturated heterocycles. The highest BCUT2D eigenvalue weighted by molar-refractivity contribution is 8.01. The first-order chi connectivity index (χ1) is 9.56. The molecule has 1 aliphatic heterocycles. The Balaban J connectivity index is 1.72. The van der Waals surface area contributed by atoms with E-state index in [9.17, 15) is 4.79 Å². The van der Waals surface area contributed by atoms with Crippen molar-refractivity contribution in [2.75, 3.05) is 45.5 Å². The molecule has 20 heavy (non-hydrogen) atoms. The number of Topliss-reactive ketones (excluding diaryl/α,β-unsaturated/α-hetero) is 1. The predicted molar refractivity (Wildman–Crippen MR) is 88.3 cm³/mol. The molecule has 1 aliphatic rings. The molecule has 112 valence electrons. The van der Waals surface area contributed by atoms with Crippen molar-refractivity contribution in [1.29, 1.82) is 0 Å². The van der Waals surface area contributed by atoms with Crippen molar-refractivity contribution in [3.8, 4) is 0 Å². The molecule has 5 heteroatoms. The summed E-state index contributed by atoms with van der Waals surface area (Å²) in [6, 6.07) is 2.02. The minimum atomic E-state index is 0.191. The monoisotopic (exact) mass is 312 g/mol. The van der Waals surface area contributed by atoms with Gasteiger partial charge in [0.25, 0.3) is 0 Å². The van der Waals surface area contributed by atoms with Crippen LogP contribution in [0.25, 0.3) is 0 Å². The molecule has 0 unspecified atom stereocenters. The Labute approximate surface area is 130 Å². The van der Waals surface area contributed by atoms with Gasteiger partial charge in [-0.3, -0.25) is 4.79 Å². The molecule has 0 spiro atoms. The predicted octanol–water partition coefficient (Wildman–Crippen LogP) is 2.99. The summed E-state index contributed by atoms with van der Waals surface area (Å²) in [5.74, 6) is 1.29. The first-order valence-electron chi connectivity index (χ1n) is 7.21. The van der Waals surface area contributed by atoms with Gasteiger partial charge in [0, 0.05) is 42.4 Å². The first kappa shape index (κ1) is 16.0. The molecule has 0 bridgehead atoms. The third-order valence-electron chi connectivity index (χ3n) is 3.65. The second-order valence-corrected chi connectivity index (χ2v) is 8.08. The Morgan fingerprint density at radius 1 is 1.35 bits per heavy atom. The number of aryl methyl sites for hydroxylation is 1. The number of thioether (sulfide) groups is 1. The molecular formula is C15H24N2OS2. The van der Waals surface area contributed by atoms with Gasteiger partial charge in [-0.2, -0.15) is 0 Å². The number of nitrogens with zero attached hydrogens (tertiary/aromatic N) is 2. The largest absolute Gasteiger partial charge is 0.304 e. The maximum Gasteiger partial charge on any atom is 0.161 e. The molecular weight excluding hydrogens is 288 g/mol. The van der Waals surface area contributed by atoms with Gasteiger partial charge in [-0.25, -0.2) is 0 Å². The highest BCUT2D eigenvalue weighted by Gasteiger charge is 2.14. The second kappa shape index (κ2) is 7.59. The van der Waals surface area contributed by atoms with E-state index in [-0.39, 0.29) is 5.78 Å². The van der Waals surface area contributed by atoms with E-state index in [0.29, 0.717) is 0 Å². The molecule has 2 heterocycles. The Bertz CT molecular complexity index is 451. The molecule has 0 amide bonds. The number of ketones is 1. The molecule has 0 radical (unpaired) electrons. The minimum absolute atomic E-state index is 0.191. The Hall–Kier alpha value is -0.360. The number of carbonyl (C=O) groups excluding carboxylic acids is 1. The summed E-state index contributed by atoms with van der Waals surface area (Å²) in [6.45, 7) is 9.68. The number of rotatable bonds is 6. The second-order valence-electron chi connectivity index (χ2n) is 5.46. The smallest absolute Gasteiger partial charge is 0.161 e. The average Bonchev–Trinajstić information content (AvgIpc) is 2.78. The molecule has 3 nitrogen and oxygen atoms in total. The van der Waals surface area contributed by atoms with E-state index in [0.717, 1.165) is 11.3 Å². The van der Waals surface area contributed by atoms with Crippen LogP contribution >= 0.6 is 23.1 Å². The lowest BCUT2D eigenvalue weighted by Gasteiger charge is -2.32. The van der Waals surface area contributed by atoms with Gasteiger partial charge >= 0.3 is 0 Å². The summed E-state index contributed by atoms with van der Waals surface area (Å²) in [7, 11) is 2.19. The number of hydrogen-bond acceptors (Lipinski definition) is 5. The summed E-state index contributed by atoms with van der Waals surface area (Å²) in [5, 5.41) is 0. The van der Waals surface area contributed by atoms with E-state index in [2.05, 4.69) is 23.8 Å². The van der Waals surface area contributed by atoms with Crippen LogP contribution in [-0.4, -0.2) is 61.1 Å². The van der Waals surface area contributed by atoms with E-state index < -0.39 is 0 Å². The lowest BCUT2D eigenvalue weighted by atomic mass is 10.2. The summed E-state index contributed by atoms with van der Waals surface area (Å²) in [5.41, 5.74) is 0.914. The van der Waals surface area contributed by atoms with E-state index in [4.69, 9.17) is 0 Å². The van der Waals surface area contributed by atoms with Crippen molar-refractivity contribution in [2.24, 2.45) is 0 Å². The van der Waals surface area contributed by atoms with E-state index >= 15 is 0 Å². The van der Waals surface area contributed by atoms with Crippen molar-refractivity contribution in [3.05, 3.63) is 16.5 Å². The molecule has 1 fully saturated rings. The highest BCUT2D eigenvalue weighted by atomic mass is 32.2. The van der Waals surface area contributed by atoms with Crippen LogP contribution in [0.5, 0.6) is 0 Å². The van der Waals surface area contributed by atoms with Crippen molar-refractivity contribution >= 4 is 28.9 Å². The number of hydrogen-bond donors (Lipinski definition) is 0. The van der Waals surface area contributed by atoms with E-state index in [1.807, 2.05) is 17.8 Å². The fraction of sp³-hybridized carbons (Fsp3) is 0.667. The van der Waals surface area contributed by atoms with Crippen LogP contribution in [0.15, 0.2) is 10.3 Å². The Morgan fingerprint density at radius 2 is 2.05 bits per heavy atom. The zero-order valence-electron chi connectivity index (χ0n) is 12.6. The lowest BCUT2D eigenvalue weighted by molar-refractivity contribution is 0.101. The van der Waals surface area contributed by atoms with Gasteiger partial charge in [0.1, 0.15) is 0 Å². The van der Waals surface area contributed by atoms with Crippen molar-refractivity contribution in [1.82, 2.24) is 9.80 Å². The van der Waals surface area contributed by atoms with Crippen molar-refractivity contribution in [2.45, 2.75) is 24.5 Å². The fourth-order valence-electron chi connectivity index (χ4n) is 2.37. The summed E-state index contributed by atoms with van der Waals surface area (Å²) >= 11 is 3.60. The average molecular weight is 313 g/mol. The third kappa shape index (κ3) is 4.58. The number of carbonyl (C=O) groups is 1. The number of likely N-dealkylation sites (N-methyl/N-ethyl adjacent to an activating group) is 1. The van der Waals surface area contributed by atoms with Crippen LogP contribution in [0.2, 0.25) is 0 Å². The fourth-order valence-corrected chi connectivity index (χ4v) is 4.85. The zero-order valence-corrected chi connectivity index (χ0v) is 14.3. The maximum atomic E-state index is 11.6. The van der Waals surface area contributed by atoms with Gasteiger partial charge in [0.2, 0.25) is 0 Å². The third-order valence-corrected chi connectivity index (χ3v) is 6.07. The van der Waals surface area contributed by atoms with Gasteiger partial charge in [-0.1, -0.05) is 0 Å². The zero-order chi connectivity index (χ0) is 14.5. The Kier molecular flexibility index (Phi) is 6.08. The van der Waals surface area contributed by atoms with Crippen LogP contribution in [0, 0.1) is 6.92 Å². The molecule has 1 aromatic rings. The van der Waals surface area contributed by atoms with Crippen LogP contribution in [0.4, 0.5) is 0 Å². The van der Waals surface area contributed by atoms with Crippen molar-refractivity contribution < 1.29 is 4.79 Å². The van der Waals surface area contributed by atoms with Gasteiger partial charge in [-0.15, -0.1) is 23.1 Å². The standard InChI is InChI=1S/C15H24N2OS2/c1-12-11-14(13(2)18)15(20-12)19-10-4-5-17-8-6-16(3)7-9-17/h11H,4-10H2,1-3H3. The highest BCUT2D eigenvalue weighted by Crippen LogP contribution is 2.32. The van der Waals surface area contributed by atoms with Gasteiger partial charge in [0.15, 0.2) is 5.78 Å². The number of thiophene rings is 1. The first-order valence-corrected chi connectivity index (χ1v) is 9.01. The SMILES string of the molecule is CC(=O)c1cc(C)sc1SCCCN1CCN(C)CC1. The van der Waals surface area contributed by atoms with Crippen LogP contribution in [-0.2, 0) is 0 Å². The van der Waals surface area contributed by atoms with Crippen LogP contribution in [0.3, 0.4) is 0 Å². The molecule has 0 aromatic carbocycles. The van der Waals surface area contributed by atoms with Crippen LogP contribution in [0.1, 0.15) is 28.6 Å². The molecule has 2 rings (SSSR count). The molecule has 0 atom stereocenters. The lowest BCUT2D eigenvalue weighted by Crippen LogP contribution is -2.44. The molecule has 0 aliphatic carbocycles. The summed E-state index contributed by atoms with van der Waals surface area (Å²) in [6.07, 6.45) is 1.20. The topological polar surface area (TPSA) is 23.6 Å². The quantitative estimate of drug-likeness (QED) is 0.458. The van der Waals surface area contributed by atoms with E-state index in [1.54, 1.807) is 18.3 Å². The van der Waals surface area contributed by atoms with Gasteiger partial charge in [-0.05, 0) is 39.9 Å².